The zero-order valence-corrected chi connectivity index (χ0v) is 22.5. The molecule has 2 N–H and O–H groups in total. The standard InChI is InChI=1S/C30H46O4/c1-25(2)21-10-11-30(7)22(28(21,5)17-20(31)23(25)32)9-8-18-19-16-27(4,24(33)34)13-12-26(19,3)14-15-29(18,30)6/h8,19-22,31H,9-17H2,1-7H3,(H,33,34)/t19-,20+,21-,22+,26+,27+,28-,29+,30+/m0/s1. The van der Waals surface area contributed by atoms with Gasteiger partial charge in [0.2, 0.25) is 0 Å². The van der Waals surface area contributed by atoms with Crippen molar-refractivity contribution in [1.29, 1.82) is 0 Å². The van der Waals surface area contributed by atoms with Gasteiger partial charge in [-0.1, -0.05) is 53.2 Å². The van der Waals surface area contributed by atoms with Crippen molar-refractivity contribution in [2.24, 2.45) is 50.2 Å². The van der Waals surface area contributed by atoms with Crippen LogP contribution in [0, 0.1) is 50.2 Å². The van der Waals surface area contributed by atoms with E-state index in [9.17, 15) is 19.8 Å². The first-order chi connectivity index (χ1) is 15.6. The Labute approximate surface area is 206 Å². The molecule has 4 nitrogen and oxygen atoms in total. The van der Waals surface area contributed by atoms with Crippen LogP contribution in [0.4, 0.5) is 0 Å². The van der Waals surface area contributed by atoms with E-state index in [0.29, 0.717) is 24.2 Å². The molecule has 190 valence electrons. The second-order valence-corrected chi connectivity index (χ2v) is 14.9. The van der Waals surface area contributed by atoms with Gasteiger partial charge in [0.25, 0.3) is 0 Å². The lowest BCUT2D eigenvalue weighted by Gasteiger charge is -2.71. The van der Waals surface area contributed by atoms with Crippen molar-refractivity contribution in [3.63, 3.8) is 0 Å². The third-order valence-electron chi connectivity index (χ3n) is 13.1. The summed E-state index contributed by atoms with van der Waals surface area (Å²) < 4.78 is 0. The number of carbonyl (C=O) groups excluding carboxylic acids is 1. The number of aliphatic hydroxyl groups is 1. The van der Waals surface area contributed by atoms with E-state index in [0.717, 1.165) is 51.4 Å². The Morgan fingerprint density at radius 2 is 1.56 bits per heavy atom. The number of Topliss-reactive ketones (excluding diaryl/α,β-unsaturated/α-hetero) is 1. The fourth-order valence-electron chi connectivity index (χ4n) is 10.5. The van der Waals surface area contributed by atoms with Crippen LogP contribution in [0.1, 0.15) is 106 Å². The molecule has 0 aliphatic heterocycles. The summed E-state index contributed by atoms with van der Waals surface area (Å²) in [5.74, 6) is 0.443. The molecule has 4 heteroatoms. The topological polar surface area (TPSA) is 74.6 Å². The van der Waals surface area contributed by atoms with Gasteiger partial charge in [-0.2, -0.15) is 0 Å². The normalized spacial score (nSPS) is 54.1. The van der Waals surface area contributed by atoms with Crippen LogP contribution in [0.15, 0.2) is 11.6 Å². The number of hydrogen-bond donors (Lipinski definition) is 2. The molecule has 0 unspecified atom stereocenters. The second-order valence-electron chi connectivity index (χ2n) is 14.9. The molecule has 9 atom stereocenters. The van der Waals surface area contributed by atoms with E-state index in [1.165, 1.54) is 0 Å². The fourth-order valence-corrected chi connectivity index (χ4v) is 10.5. The lowest BCUT2D eigenvalue weighted by molar-refractivity contribution is -0.198. The molecule has 5 rings (SSSR count). The summed E-state index contributed by atoms with van der Waals surface area (Å²) in [5, 5.41) is 20.9. The molecule has 0 amide bonds. The summed E-state index contributed by atoms with van der Waals surface area (Å²) in [7, 11) is 0. The van der Waals surface area contributed by atoms with Gasteiger partial charge in [-0.15, -0.1) is 0 Å². The zero-order valence-electron chi connectivity index (χ0n) is 22.5. The van der Waals surface area contributed by atoms with Gasteiger partial charge in [-0.25, -0.2) is 0 Å². The van der Waals surface area contributed by atoms with Crippen molar-refractivity contribution in [2.45, 2.75) is 112 Å². The molecule has 4 saturated carbocycles. The van der Waals surface area contributed by atoms with Crippen molar-refractivity contribution in [2.75, 3.05) is 0 Å². The van der Waals surface area contributed by atoms with Crippen LogP contribution in [0.25, 0.3) is 0 Å². The average molecular weight is 471 g/mol. The minimum Gasteiger partial charge on any atom is -0.481 e. The molecule has 0 aromatic heterocycles. The molecule has 0 radical (unpaired) electrons. The molecule has 0 bridgehead atoms. The molecule has 0 aromatic carbocycles. The van der Waals surface area contributed by atoms with Crippen LogP contribution < -0.4 is 0 Å². The van der Waals surface area contributed by atoms with E-state index in [4.69, 9.17) is 0 Å². The summed E-state index contributed by atoms with van der Waals surface area (Å²) in [6.45, 7) is 15.9. The molecule has 0 aromatic rings. The maximum Gasteiger partial charge on any atom is 0.309 e. The number of aliphatic carboxylic acids is 1. The number of fused-ring (bicyclic) bond motifs is 7. The third kappa shape index (κ3) is 2.81. The highest BCUT2D eigenvalue weighted by molar-refractivity contribution is 5.89. The van der Waals surface area contributed by atoms with Crippen LogP contribution in [-0.2, 0) is 9.59 Å². The largest absolute Gasteiger partial charge is 0.481 e. The molecule has 5 aliphatic rings. The van der Waals surface area contributed by atoms with Crippen LogP contribution in [0.2, 0.25) is 0 Å². The van der Waals surface area contributed by atoms with Gasteiger partial charge >= 0.3 is 5.97 Å². The maximum absolute atomic E-state index is 13.0. The molecule has 34 heavy (non-hydrogen) atoms. The number of rotatable bonds is 1. The lowest BCUT2D eigenvalue weighted by atomic mass is 9.33. The number of carboxylic acid groups (broad SMARTS) is 1. The predicted octanol–water partition coefficient (Wildman–Crippen LogP) is 6.41. The first-order valence-corrected chi connectivity index (χ1v) is 13.7. The van der Waals surface area contributed by atoms with E-state index < -0.39 is 22.9 Å². The van der Waals surface area contributed by atoms with E-state index in [-0.39, 0.29) is 27.4 Å². The smallest absolute Gasteiger partial charge is 0.309 e. The number of ketones is 1. The lowest BCUT2D eigenvalue weighted by Crippen LogP contribution is -2.66. The molecular formula is C30H46O4. The number of allylic oxidation sites excluding steroid dienone is 2. The van der Waals surface area contributed by atoms with Gasteiger partial charge in [0.15, 0.2) is 5.78 Å². The van der Waals surface area contributed by atoms with Crippen molar-refractivity contribution in [3.8, 4) is 0 Å². The molecule has 0 saturated heterocycles. The summed E-state index contributed by atoms with van der Waals surface area (Å²) in [4.78, 5) is 25.2. The van der Waals surface area contributed by atoms with Crippen LogP contribution in [-0.4, -0.2) is 28.1 Å². The van der Waals surface area contributed by atoms with Crippen LogP contribution >= 0.6 is 0 Å². The monoisotopic (exact) mass is 470 g/mol. The summed E-state index contributed by atoms with van der Waals surface area (Å²) in [5.41, 5.74) is 0.677. The highest BCUT2D eigenvalue weighted by atomic mass is 16.4. The summed E-state index contributed by atoms with van der Waals surface area (Å²) in [6.07, 6.45) is 10.2. The first kappa shape index (κ1) is 24.5. The summed E-state index contributed by atoms with van der Waals surface area (Å²) in [6, 6.07) is 0. The molecule has 4 fully saturated rings. The molecular weight excluding hydrogens is 424 g/mol. The highest BCUT2D eigenvalue weighted by Gasteiger charge is 2.69. The Morgan fingerprint density at radius 3 is 2.21 bits per heavy atom. The van der Waals surface area contributed by atoms with E-state index in [1.807, 2.05) is 6.92 Å². The fraction of sp³-hybridized carbons (Fsp3) is 0.867. The third-order valence-corrected chi connectivity index (χ3v) is 13.1. The van der Waals surface area contributed by atoms with Crippen LogP contribution in [0.5, 0.6) is 0 Å². The van der Waals surface area contributed by atoms with E-state index >= 15 is 0 Å². The highest BCUT2D eigenvalue weighted by Crippen LogP contribution is 2.75. The Balaban J connectivity index is 1.59. The van der Waals surface area contributed by atoms with Crippen molar-refractivity contribution >= 4 is 11.8 Å². The number of carboxylic acids is 1. The van der Waals surface area contributed by atoms with Gasteiger partial charge in [-0.05, 0) is 104 Å². The number of hydrogen-bond acceptors (Lipinski definition) is 3. The van der Waals surface area contributed by atoms with Crippen molar-refractivity contribution in [1.82, 2.24) is 0 Å². The Kier molecular flexibility index (Phi) is 5.04. The predicted molar refractivity (Wildman–Crippen MR) is 133 cm³/mol. The number of aliphatic hydroxyl groups excluding tert-OH is 1. The zero-order chi connectivity index (χ0) is 25.1. The Morgan fingerprint density at radius 1 is 0.912 bits per heavy atom. The minimum absolute atomic E-state index is 0.0282. The Hall–Kier alpha value is -1.16. The van der Waals surface area contributed by atoms with Gasteiger partial charge in [0.05, 0.1) is 5.41 Å². The van der Waals surface area contributed by atoms with Gasteiger partial charge in [0.1, 0.15) is 6.10 Å². The van der Waals surface area contributed by atoms with Gasteiger partial charge < -0.3 is 10.2 Å². The average Bonchev–Trinajstić information content (AvgIpc) is 2.74. The van der Waals surface area contributed by atoms with Crippen molar-refractivity contribution in [3.05, 3.63) is 11.6 Å². The quantitative estimate of drug-likeness (QED) is 0.434. The van der Waals surface area contributed by atoms with E-state index in [2.05, 4.69) is 47.6 Å². The van der Waals surface area contributed by atoms with E-state index in [1.54, 1.807) is 5.57 Å². The molecule has 0 heterocycles. The summed E-state index contributed by atoms with van der Waals surface area (Å²) >= 11 is 0. The maximum atomic E-state index is 13.0. The Bertz CT molecular complexity index is 965. The number of carbonyl (C=O) groups is 2. The SMILES string of the molecule is CC1(C)C(=O)[C@H](O)C[C@]2(C)[C@H]3CC=C4[C@@H]5C[C@](C)(C(=O)O)CC[C@]5(C)CC[C@@]4(C)[C@]3(C)CC[C@@H]12. The molecule has 5 aliphatic carbocycles. The van der Waals surface area contributed by atoms with Crippen LogP contribution in [0.3, 0.4) is 0 Å². The van der Waals surface area contributed by atoms with Crippen molar-refractivity contribution < 1.29 is 19.8 Å². The van der Waals surface area contributed by atoms with Gasteiger partial charge in [-0.3, -0.25) is 9.59 Å². The van der Waals surface area contributed by atoms with Gasteiger partial charge in [0, 0.05) is 5.41 Å². The second kappa shape index (κ2) is 6.99. The first-order valence-electron chi connectivity index (χ1n) is 13.7. The minimum atomic E-state index is -0.860. The molecule has 0 spiro atoms.